The fourth-order valence-electron chi connectivity index (χ4n) is 0. The molecule has 3 nitrogen and oxygen atoms in total. The van der Waals surface area contributed by atoms with Crippen molar-refractivity contribution >= 4 is 6.09 Å². The molecular formula is C4H11NO2. The van der Waals surface area contributed by atoms with E-state index >= 15 is 0 Å². The van der Waals surface area contributed by atoms with Gasteiger partial charge in [0.15, 0.2) is 0 Å². The van der Waals surface area contributed by atoms with E-state index in [0.717, 1.165) is 0 Å². The number of nitrogens with two attached hydrogens (primary N) is 1. The van der Waals surface area contributed by atoms with Gasteiger partial charge in [-0.3, -0.25) is 0 Å². The van der Waals surface area contributed by atoms with Crippen LogP contribution >= 0.6 is 0 Å². The highest BCUT2D eigenvalue weighted by molar-refractivity contribution is 5.61. The predicted octanol–water partition coefficient (Wildman–Crippen LogP) is 1.04. The number of amides is 1. The van der Waals surface area contributed by atoms with Crippen LogP contribution in [0.3, 0.4) is 0 Å². The van der Waals surface area contributed by atoms with Crippen molar-refractivity contribution in [2.24, 2.45) is 5.73 Å². The third kappa shape index (κ3) is 106. The lowest BCUT2D eigenvalue weighted by Crippen LogP contribution is -2.03. The molecule has 0 aromatic carbocycles. The first kappa shape index (κ1) is 9.55. The third-order valence-corrected chi connectivity index (χ3v) is 0. The monoisotopic (exact) mass is 105 g/mol. The van der Waals surface area contributed by atoms with Gasteiger partial charge in [0, 0.05) is 0 Å². The summed E-state index contributed by atoms with van der Waals surface area (Å²) < 4.78 is 0. The molecule has 0 unspecified atom stereocenters. The van der Waals surface area contributed by atoms with Crippen LogP contribution in [0.4, 0.5) is 4.79 Å². The molecule has 0 atom stereocenters. The predicted molar refractivity (Wildman–Crippen MR) is 28.2 cm³/mol. The summed E-state index contributed by atoms with van der Waals surface area (Å²) in [4.78, 5) is 8.78. The molecule has 0 aliphatic rings. The first-order valence-electron chi connectivity index (χ1n) is 2.13. The Hall–Kier alpha value is -0.730. The van der Waals surface area contributed by atoms with Gasteiger partial charge < -0.3 is 10.8 Å². The molecule has 0 heterocycles. The Morgan fingerprint density at radius 2 is 1.71 bits per heavy atom. The topological polar surface area (TPSA) is 63.3 Å². The summed E-state index contributed by atoms with van der Waals surface area (Å²) in [7, 11) is 0. The van der Waals surface area contributed by atoms with Crippen LogP contribution in [0.2, 0.25) is 0 Å². The van der Waals surface area contributed by atoms with E-state index in [2.05, 4.69) is 19.6 Å². The number of rotatable bonds is 0. The van der Waals surface area contributed by atoms with Crippen molar-refractivity contribution in [2.75, 3.05) is 0 Å². The van der Waals surface area contributed by atoms with Crippen molar-refractivity contribution in [3.63, 3.8) is 0 Å². The Morgan fingerprint density at radius 3 is 1.71 bits per heavy atom. The maximum atomic E-state index is 8.78. The van der Waals surface area contributed by atoms with Crippen molar-refractivity contribution in [3.8, 4) is 0 Å². The van der Waals surface area contributed by atoms with Gasteiger partial charge in [0.25, 0.3) is 0 Å². The maximum absolute atomic E-state index is 8.78. The van der Waals surface area contributed by atoms with Crippen LogP contribution in [-0.4, -0.2) is 11.2 Å². The number of primary amides is 1. The summed E-state index contributed by atoms with van der Waals surface area (Å²) in [5.41, 5.74) is 4.03. The minimum Gasteiger partial charge on any atom is -0.465 e. The molecule has 3 heteroatoms. The van der Waals surface area contributed by atoms with Gasteiger partial charge in [-0.2, -0.15) is 0 Å². The third-order valence-electron chi connectivity index (χ3n) is 0. The van der Waals surface area contributed by atoms with E-state index in [1.54, 1.807) is 0 Å². The molecule has 0 saturated carbocycles. The fraction of sp³-hybridized carbons (Fsp3) is 0.750. The van der Waals surface area contributed by atoms with E-state index in [9.17, 15) is 0 Å². The summed E-state index contributed by atoms with van der Waals surface area (Å²) in [6.07, 6.45) is -0.0833. The van der Waals surface area contributed by atoms with Crippen LogP contribution in [0.15, 0.2) is 0 Å². The molecule has 0 spiro atoms. The van der Waals surface area contributed by atoms with Gasteiger partial charge in [0.2, 0.25) is 0 Å². The summed E-state index contributed by atoms with van der Waals surface area (Å²) in [6.45, 7) is 4.25. The Morgan fingerprint density at radius 1 is 1.71 bits per heavy atom. The molecule has 0 aromatic rings. The SMILES string of the molecule is CCC.NC(=O)O. The van der Waals surface area contributed by atoms with Gasteiger partial charge in [-0.15, -0.1) is 0 Å². The van der Waals surface area contributed by atoms with Crippen LogP contribution < -0.4 is 5.73 Å². The number of hydrogen-bond donors (Lipinski definition) is 2. The first-order chi connectivity index (χ1) is 3.15. The normalized spacial score (nSPS) is 6.00. The number of carbonyl (C=O) groups is 1. The average Bonchev–Trinajstić information content (AvgIpc) is 1.33. The van der Waals surface area contributed by atoms with E-state index < -0.39 is 6.09 Å². The summed E-state index contributed by atoms with van der Waals surface area (Å²) in [6, 6.07) is 0. The minimum atomic E-state index is -1.33. The Kier molecular flexibility index (Phi) is 12.3. The standard InChI is InChI=1S/C3H8.CH3NO2/c1-3-2;2-1(3)4/h3H2,1-2H3;2H2,(H,3,4). The zero-order chi connectivity index (χ0) is 6.28. The summed E-state index contributed by atoms with van der Waals surface area (Å²) in [5, 5.41) is 7.19. The van der Waals surface area contributed by atoms with Gasteiger partial charge in [-0.1, -0.05) is 20.3 Å². The first-order valence-corrected chi connectivity index (χ1v) is 2.13. The average molecular weight is 105 g/mol. The van der Waals surface area contributed by atoms with E-state index in [-0.39, 0.29) is 0 Å². The molecular weight excluding hydrogens is 94.0 g/mol. The van der Waals surface area contributed by atoms with Crippen molar-refractivity contribution in [2.45, 2.75) is 20.3 Å². The Bertz CT molecular complexity index is 41.0. The van der Waals surface area contributed by atoms with Crippen molar-refractivity contribution in [1.82, 2.24) is 0 Å². The second-order valence-electron chi connectivity index (χ2n) is 1.05. The summed E-state index contributed by atoms with van der Waals surface area (Å²) >= 11 is 0. The van der Waals surface area contributed by atoms with Gasteiger partial charge in [-0.25, -0.2) is 4.79 Å². The Balaban J connectivity index is 0. The van der Waals surface area contributed by atoms with Crippen molar-refractivity contribution in [3.05, 3.63) is 0 Å². The van der Waals surface area contributed by atoms with Gasteiger partial charge in [0.05, 0.1) is 0 Å². The van der Waals surface area contributed by atoms with Crippen LogP contribution in [-0.2, 0) is 0 Å². The maximum Gasteiger partial charge on any atom is 0.402 e. The van der Waals surface area contributed by atoms with E-state index in [1.165, 1.54) is 6.42 Å². The highest BCUT2D eigenvalue weighted by Gasteiger charge is 1.65. The fourth-order valence-corrected chi connectivity index (χ4v) is 0. The lowest BCUT2D eigenvalue weighted by molar-refractivity contribution is 0.205. The molecule has 1 amide bonds. The second kappa shape index (κ2) is 8.99. The van der Waals surface area contributed by atoms with Gasteiger partial charge >= 0.3 is 6.09 Å². The summed E-state index contributed by atoms with van der Waals surface area (Å²) in [5.74, 6) is 0. The van der Waals surface area contributed by atoms with Crippen molar-refractivity contribution < 1.29 is 9.90 Å². The molecule has 0 rings (SSSR count). The molecule has 44 valence electrons. The van der Waals surface area contributed by atoms with E-state index in [4.69, 9.17) is 9.90 Å². The largest absolute Gasteiger partial charge is 0.465 e. The molecule has 0 aliphatic carbocycles. The molecule has 0 radical (unpaired) electrons. The zero-order valence-corrected chi connectivity index (χ0v) is 4.64. The molecule has 0 bridgehead atoms. The highest BCUT2D eigenvalue weighted by Crippen LogP contribution is 1.56. The molecule has 0 aliphatic heterocycles. The van der Waals surface area contributed by atoms with Crippen molar-refractivity contribution in [1.29, 1.82) is 0 Å². The molecule has 3 N–H and O–H groups in total. The highest BCUT2D eigenvalue weighted by atomic mass is 16.4. The quantitative estimate of drug-likeness (QED) is 0.483. The Labute approximate surface area is 43.1 Å². The number of hydrogen-bond acceptors (Lipinski definition) is 1. The zero-order valence-electron chi connectivity index (χ0n) is 4.64. The molecule has 7 heavy (non-hydrogen) atoms. The van der Waals surface area contributed by atoms with E-state index in [0.29, 0.717) is 0 Å². The second-order valence-corrected chi connectivity index (χ2v) is 1.05. The molecule has 0 saturated heterocycles. The molecule has 0 aromatic heterocycles. The van der Waals surface area contributed by atoms with Gasteiger partial charge in [-0.05, 0) is 0 Å². The van der Waals surface area contributed by atoms with Crippen LogP contribution in [0.5, 0.6) is 0 Å². The van der Waals surface area contributed by atoms with Crippen LogP contribution in [0.25, 0.3) is 0 Å². The smallest absolute Gasteiger partial charge is 0.402 e. The van der Waals surface area contributed by atoms with Crippen LogP contribution in [0, 0.1) is 0 Å². The molecule has 0 fully saturated rings. The minimum absolute atomic E-state index is 1.25. The van der Waals surface area contributed by atoms with Gasteiger partial charge in [0.1, 0.15) is 0 Å². The van der Waals surface area contributed by atoms with Crippen LogP contribution in [0.1, 0.15) is 20.3 Å². The van der Waals surface area contributed by atoms with E-state index in [1.807, 2.05) is 0 Å². The lowest BCUT2D eigenvalue weighted by Gasteiger charge is -1.61. The number of carboxylic acid groups (broad SMARTS) is 1. The lowest BCUT2D eigenvalue weighted by atomic mass is 10.6.